The fraction of sp³-hybridized carbons (Fsp3) is 0.769. The fourth-order valence-corrected chi connectivity index (χ4v) is 4.69. The highest BCUT2D eigenvalue weighted by molar-refractivity contribution is 7.89. The number of sulfonamides is 1. The van der Waals surface area contributed by atoms with Crippen molar-refractivity contribution in [3.8, 4) is 0 Å². The average molecular weight is 332 g/mol. The van der Waals surface area contributed by atoms with Crippen LogP contribution in [0.25, 0.3) is 0 Å². The summed E-state index contributed by atoms with van der Waals surface area (Å²) in [6.45, 7) is 4.55. The maximum atomic E-state index is 12.4. The summed E-state index contributed by atoms with van der Waals surface area (Å²) >= 11 is 1.12. The van der Waals surface area contributed by atoms with E-state index in [1.807, 2.05) is 0 Å². The zero-order valence-corrected chi connectivity index (χ0v) is 14.6. The van der Waals surface area contributed by atoms with Crippen molar-refractivity contribution in [1.29, 1.82) is 0 Å². The van der Waals surface area contributed by atoms with Gasteiger partial charge >= 0.3 is 0 Å². The van der Waals surface area contributed by atoms with E-state index in [1.54, 1.807) is 0 Å². The Hall–Kier alpha value is -0.860. The second-order valence-corrected chi connectivity index (χ2v) is 9.46. The normalized spacial score (nSPS) is 19.9. The minimum atomic E-state index is -3.57. The van der Waals surface area contributed by atoms with Gasteiger partial charge in [-0.25, -0.2) is 12.7 Å². The van der Waals surface area contributed by atoms with Crippen LogP contribution in [0.3, 0.4) is 0 Å². The third-order valence-corrected chi connectivity index (χ3v) is 6.90. The largest absolute Gasteiger partial charge is 0.382 e. The molecule has 0 saturated heterocycles. The number of rotatable bonds is 4. The highest BCUT2D eigenvalue weighted by Gasteiger charge is 2.31. The first-order valence-electron chi connectivity index (χ1n) is 7.08. The first-order chi connectivity index (χ1) is 9.63. The monoisotopic (exact) mass is 332 g/mol. The minimum Gasteiger partial charge on any atom is -0.382 e. The molecule has 0 atom stereocenters. The minimum absolute atomic E-state index is 0.0762. The molecule has 1 aliphatic carbocycles. The van der Waals surface area contributed by atoms with Crippen LogP contribution in [0.2, 0.25) is 0 Å². The molecule has 6 nitrogen and oxygen atoms in total. The lowest BCUT2D eigenvalue weighted by Gasteiger charge is -2.34. The molecule has 1 aromatic rings. The second kappa shape index (κ2) is 5.73. The zero-order chi connectivity index (χ0) is 15.8. The molecule has 0 radical (unpaired) electrons. The fourth-order valence-electron chi connectivity index (χ4n) is 2.55. The van der Waals surface area contributed by atoms with Crippen LogP contribution in [-0.2, 0) is 10.0 Å². The molecule has 1 fully saturated rings. The van der Waals surface area contributed by atoms with Gasteiger partial charge in [-0.05, 0) is 42.6 Å². The van der Waals surface area contributed by atoms with Gasteiger partial charge in [-0.15, -0.1) is 0 Å². The Balaban J connectivity index is 2.20. The van der Waals surface area contributed by atoms with Crippen molar-refractivity contribution in [1.82, 2.24) is 8.68 Å². The van der Waals surface area contributed by atoms with E-state index in [0.29, 0.717) is 10.4 Å². The van der Waals surface area contributed by atoms with Gasteiger partial charge in [-0.2, -0.15) is 4.37 Å². The van der Waals surface area contributed by atoms with Gasteiger partial charge in [0.25, 0.3) is 0 Å². The smallest absolute Gasteiger partial charge is 0.249 e. The lowest BCUT2D eigenvalue weighted by atomic mass is 9.76. The molecule has 1 aliphatic rings. The number of hydrogen-bond acceptors (Lipinski definition) is 6. The number of nitrogens with two attached hydrogens (primary N) is 1. The number of hydrogen-bond donors (Lipinski definition) is 2. The van der Waals surface area contributed by atoms with Gasteiger partial charge < -0.3 is 11.1 Å². The summed E-state index contributed by atoms with van der Waals surface area (Å²) in [6.07, 6.45) is 4.34. The molecule has 0 amide bonds. The summed E-state index contributed by atoms with van der Waals surface area (Å²) in [5.41, 5.74) is 6.15. The average Bonchev–Trinajstić information content (AvgIpc) is 2.73. The Bertz CT molecular complexity index is 598. The maximum absolute atomic E-state index is 12.4. The first-order valence-corrected chi connectivity index (χ1v) is 9.29. The maximum Gasteiger partial charge on any atom is 0.249 e. The lowest BCUT2D eigenvalue weighted by molar-refractivity contribution is 0.232. The van der Waals surface area contributed by atoms with Gasteiger partial charge in [0.2, 0.25) is 10.0 Å². The van der Waals surface area contributed by atoms with Gasteiger partial charge in [-0.1, -0.05) is 13.8 Å². The van der Waals surface area contributed by atoms with E-state index in [9.17, 15) is 8.42 Å². The molecule has 8 heteroatoms. The molecular weight excluding hydrogens is 308 g/mol. The number of anilines is 2. The summed E-state index contributed by atoms with van der Waals surface area (Å²) in [5, 5.41) is 3.90. The van der Waals surface area contributed by atoms with Crippen molar-refractivity contribution in [2.45, 2.75) is 50.5 Å². The van der Waals surface area contributed by atoms with Gasteiger partial charge in [0.1, 0.15) is 5.00 Å². The van der Waals surface area contributed by atoms with Gasteiger partial charge in [0.15, 0.2) is 10.7 Å². The van der Waals surface area contributed by atoms with E-state index in [1.165, 1.54) is 18.4 Å². The van der Waals surface area contributed by atoms with E-state index in [0.717, 1.165) is 37.2 Å². The second-order valence-electron chi connectivity index (χ2n) is 6.60. The van der Waals surface area contributed by atoms with Crippen LogP contribution in [0.15, 0.2) is 4.90 Å². The Morgan fingerprint density at radius 3 is 2.43 bits per heavy atom. The molecule has 1 heterocycles. The molecule has 3 N–H and O–H groups in total. The van der Waals surface area contributed by atoms with Crippen LogP contribution in [0.1, 0.15) is 39.5 Å². The SMILES string of the molecule is CN(C)S(=O)(=O)c1c(N)nsc1NC1CCC(C)(C)CC1. The summed E-state index contributed by atoms with van der Waals surface area (Å²) in [6, 6.07) is 0.286. The molecule has 0 unspecified atom stereocenters. The van der Waals surface area contributed by atoms with Crippen LogP contribution in [0.5, 0.6) is 0 Å². The lowest BCUT2D eigenvalue weighted by Crippen LogP contribution is -2.30. The van der Waals surface area contributed by atoms with Crippen molar-refractivity contribution in [3.63, 3.8) is 0 Å². The molecule has 21 heavy (non-hydrogen) atoms. The third-order valence-electron chi connectivity index (χ3n) is 4.09. The zero-order valence-electron chi connectivity index (χ0n) is 13.0. The molecule has 0 aromatic carbocycles. The van der Waals surface area contributed by atoms with Crippen LogP contribution in [0, 0.1) is 5.41 Å². The van der Waals surface area contributed by atoms with E-state index in [2.05, 4.69) is 23.5 Å². The van der Waals surface area contributed by atoms with Crippen LogP contribution in [0.4, 0.5) is 10.8 Å². The van der Waals surface area contributed by atoms with Crippen LogP contribution in [-0.4, -0.2) is 37.2 Å². The quantitative estimate of drug-likeness (QED) is 0.883. The number of nitrogens with zero attached hydrogens (tertiary/aromatic N) is 2. The Kier molecular flexibility index (Phi) is 4.51. The van der Waals surface area contributed by atoms with Crippen molar-refractivity contribution in [3.05, 3.63) is 0 Å². The Morgan fingerprint density at radius 2 is 1.90 bits per heavy atom. The summed E-state index contributed by atoms with van der Waals surface area (Å²) in [4.78, 5) is 0.113. The van der Waals surface area contributed by atoms with E-state index >= 15 is 0 Å². The van der Waals surface area contributed by atoms with E-state index < -0.39 is 10.0 Å². The molecule has 0 spiro atoms. The molecule has 1 saturated carbocycles. The van der Waals surface area contributed by atoms with Crippen LogP contribution < -0.4 is 11.1 Å². The van der Waals surface area contributed by atoms with Crippen molar-refractivity contribution >= 4 is 32.4 Å². The number of nitrogen functional groups attached to an aromatic ring is 1. The highest BCUT2D eigenvalue weighted by atomic mass is 32.2. The Labute approximate surface area is 130 Å². The van der Waals surface area contributed by atoms with E-state index in [4.69, 9.17) is 5.73 Å². The predicted octanol–water partition coefficient (Wildman–Crippen LogP) is 2.36. The predicted molar refractivity (Wildman–Crippen MR) is 87.1 cm³/mol. The highest BCUT2D eigenvalue weighted by Crippen LogP contribution is 2.39. The van der Waals surface area contributed by atoms with Gasteiger partial charge in [0.05, 0.1) is 0 Å². The van der Waals surface area contributed by atoms with Gasteiger partial charge in [0, 0.05) is 20.1 Å². The van der Waals surface area contributed by atoms with Crippen molar-refractivity contribution in [2.75, 3.05) is 25.1 Å². The molecule has 0 bridgehead atoms. The van der Waals surface area contributed by atoms with Crippen molar-refractivity contribution < 1.29 is 8.42 Å². The summed E-state index contributed by atoms with van der Waals surface area (Å²) in [5.74, 6) is 0.0762. The van der Waals surface area contributed by atoms with E-state index in [-0.39, 0.29) is 16.8 Å². The standard InChI is InChI=1S/C13H24N4O2S2/c1-13(2)7-5-9(6-8-13)15-12-10(11(14)16-20-12)21(18,19)17(3)4/h9,15H,5-8H2,1-4H3,(H2,14,16). The third kappa shape index (κ3) is 3.49. The topological polar surface area (TPSA) is 88.3 Å². The molecule has 2 rings (SSSR count). The first kappa shape index (κ1) is 16.5. The Morgan fingerprint density at radius 1 is 1.33 bits per heavy atom. The summed E-state index contributed by atoms with van der Waals surface area (Å²) < 4.78 is 29.9. The number of nitrogens with one attached hydrogen (secondary N) is 1. The van der Waals surface area contributed by atoms with Gasteiger partial charge in [-0.3, -0.25) is 0 Å². The molecule has 120 valence electrons. The van der Waals surface area contributed by atoms with Crippen LogP contribution >= 0.6 is 11.5 Å². The molecule has 1 aromatic heterocycles. The number of aromatic nitrogens is 1. The molecular formula is C13H24N4O2S2. The molecule has 0 aliphatic heterocycles. The van der Waals surface area contributed by atoms with Crippen molar-refractivity contribution in [2.24, 2.45) is 5.41 Å². The summed E-state index contributed by atoms with van der Waals surface area (Å²) in [7, 11) is -0.576.